The van der Waals surface area contributed by atoms with E-state index >= 15 is 0 Å². The lowest BCUT2D eigenvalue weighted by Crippen LogP contribution is -2.41. The molecule has 1 amide bonds. The first-order valence-electron chi connectivity index (χ1n) is 11.9. The molecule has 1 aliphatic carbocycles. The molecule has 6 nitrogen and oxygen atoms in total. The lowest BCUT2D eigenvalue weighted by Gasteiger charge is -2.31. The van der Waals surface area contributed by atoms with Gasteiger partial charge in [-0.15, -0.1) is 0 Å². The number of rotatable bonds is 8. The second-order valence-electron chi connectivity index (χ2n) is 9.73. The second-order valence-corrected chi connectivity index (χ2v) is 10.5. The fourth-order valence-corrected chi connectivity index (χ4v) is 5.64. The quantitative estimate of drug-likeness (QED) is 0.447. The largest absolute Gasteiger partial charge is 0.480 e. The Kier molecular flexibility index (Phi) is 7.17. The van der Waals surface area contributed by atoms with Crippen molar-refractivity contribution >= 4 is 34.2 Å². The third-order valence-corrected chi connectivity index (χ3v) is 7.41. The number of hydrogen-bond acceptors (Lipinski definition) is 4. The van der Waals surface area contributed by atoms with Crippen LogP contribution >= 0.6 is 11.3 Å². The summed E-state index contributed by atoms with van der Waals surface area (Å²) >= 11 is 1.69. The number of amides is 1. The van der Waals surface area contributed by atoms with Crippen molar-refractivity contribution in [2.45, 2.75) is 71.4 Å². The zero-order valence-corrected chi connectivity index (χ0v) is 20.4. The molecule has 1 fully saturated rings. The van der Waals surface area contributed by atoms with Crippen molar-refractivity contribution < 1.29 is 14.7 Å². The molecule has 7 heteroatoms. The SMILES string of the molecule is CC(C)CC(NC(=O)c1ccc2c(c1)nc(Cc1ccsc1)n2C1CCCCC1C)C(=O)O. The number of fused-ring (bicyclic) bond motifs is 1. The third kappa shape index (κ3) is 5.29. The van der Waals surface area contributed by atoms with Gasteiger partial charge in [-0.2, -0.15) is 11.3 Å². The summed E-state index contributed by atoms with van der Waals surface area (Å²) in [4.78, 5) is 29.4. The molecule has 3 aromatic rings. The summed E-state index contributed by atoms with van der Waals surface area (Å²) in [7, 11) is 0. The van der Waals surface area contributed by atoms with Crippen molar-refractivity contribution in [3.05, 3.63) is 52.0 Å². The number of benzene rings is 1. The molecule has 0 bridgehead atoms. The first-order chi connectivity index (χ1) is 15.8. The lowest BCUT2D eigenvalue weighted by molar-refractivity contribution is -0.139. The first kappa shape index (κ1) is 23.5. The van der Waals surface area contributed by atoms with E-state index in [1.165, 1.54) is 24.8 Å². The zero-order valence-electron chi connectivity index (χ0n) is 19.6. The molecule has 3 unspecified atom stereocenters. The number of nitrogens with one attached hydrogen (secondary N) is 1. The number of imidazole rings is 1. The molecule has 2 N–H and O–H groups in total. The van der Waals surface area contributed by atoms with E-state index in [2.05, 4.69) is 33.6 Å². The average Bonchev–Trinajstić information content (AvgIpc) is 3.40. The van der Waals surface area contributed by atoms with Crippen molar-refractivity contribution in [3.63, 3.8) is 0 Å². The molecule has 3 atom stereocenters. The van der Waals surface area contributed by atoms with Crippen molar-refractivity contribution in [3.8, 4) is 0 Å². The molecule has 0 aliphatic heterocycles. The van der Waals surface area contributed by atoms with Crippen LogP contribution in [0, 0.1) is 11.8 Å². The van der Waals surface area contributed by atoms with Crippen LogP contribution in [-0.2, 0) is 11.2 Å². The van der Waals surface area contributed by atoms with E-state index in [-0.39, 0.29) is 11.8 Å². The number of carboxylic acids is 1. The predicted molar refractivity (Wildman–Crippen MR) is 132 cm³/mol. The van der Waals surface area contributed by atoms with Crippen LogP contribution in [0.15, 0.2) is 35.0 Å². The van der Waals surface area contributed by atoms with Gasteiger partial charge in [0.2, 0.25) is 0 Å². The standard InChI is InChI=1S/C26H33N3O3S/c1-16(2)12-21(26(31)32)28-25(30)19-8-9-23-20(14-19)27-24(13-18-10-11-33-15-18)29(23)22-7-5-4-6-17(22)3/h8-11,14-17,21-22H,4-7,12-13H2,1-3H3,(H,28,30)(H,31,32). The number of carbonyl (C=O) groups excluding carboxylic acids is 1. The van der Waals surface area contributed by atoms with Crippen molar-refractivity contribution in [1.29, 1.82) is 0 Å². The van der Waals surface area contributed by atoms with Gasteiger partial charge in [0.15, 0.2) is 0 Å². The van der Waals surface area contributed by atoms with E-state index in [4.69, 9.17) is 4.98 Å². The molecule has 1 aromatic carbocycles. The summed E-state index contributed by atoms with van der Waals surface area (Å²) in [6.45, 7) is 6.22. The Bertz CT molecular complexity index is 1120. The Hall–Kier alpha value is -2.67. The number of carboxylic acid groups (broad SMARTS) is 1. The zero-order chi connectivity index (χ0) is 23.5. The fourth-order valence-electron chi connectivity index (χ4n) is 4.98. The third-order valence-electron chi connectivity index (χ3n) is 6.68. The smallest absolute Gasteiger partial charge is 0.326 e. The molecule has 0 radical (unpaired) electrons. The average molecular weight is 468 g/mol. The van der Waals surface area contributed by atoms with Crippen LogP contribution in [0.5, 0.6) is 0 Å². The minimum Gasteiger partial charge on any atom is -0.480 e. The van der Waals surface area contributed by atoms with Crippen LogP contribution in [0.25, 0.3) is 11.0 Å². The number of hydrogen-bond donors (Lipinski definition) is 2. The summed E-state index contributed by atoms with van der Waals surface area (Å²) in [6.07, 6.45) is 6.01. The molecule has 1 aliphatic rings. The van der Waals surface area contributed by atoms with Crippen LogP contribution in [0.2, 0.25) is 0 Å². The number of aromatic nitrogens is 2. The molecule has 176 valence electrons. The molecule has 0 spiro atoms. The highest BCUT2D eigenvalue weighted by molar-refractivity contribution is 7.07. The van der Waals surface area contributed by atoms with Crippen LogP contribution in [-0.4, -0.2) is 32.6 Å². The van der Waals surface area contributed by atoms with Crippen molar-refractivity contribution in [2.75, 3.05) is 0 Å². The highest BCUT2D eigenvalue weighted by Crippen LogP contribution is 2.37. The summed E-state index contributed by atoms with van der Waals surface area (Å²) in [6, 6.07) is 7.22. The minimum absolute atomic E-state index is 0.168. The second kappa shape index (κ2) is 10.1. The Morgan fingerprint density at radius 2 is 2.03 bits per heavy atom. The van der Waals surface area contributed by atoms with Gasteiger partial charge >= 0.3 is 5.97 Å². The highest BCUT2D eigenvalue weighted by atomic mass is 32.1. The van der Waals surface area contributed by atoms with Crippen LogP contribution in [0.1, 0.15) is 80.7 Å². The van der Waals surface area contributed by atoms with Gasteiger partial charge < -0.3 is 15.0 Å². The molecule has 0 saturated heterocycles. The van der Waals surface area contributed by atoms with Gasteiger partial charge in [-0.3, -0.25) is 4.79 Å². The maximum Gasteiger partial charge on any atom is 0.326 e. The molecule has 1 saturated carbocycles. The maximum atomic E-state index is 12.9. The normalized spacial score (nSPS) is 19.6. The number of nitrogens with zero attached hydrogens (tertiary/aromatic N) is 2. The van der Waals surface area contributed by atoms with Gasteiger partial charge in [-0.25, -0.2) is 9.78 Å². The van der Waals surface area contributed by atoms with E-state index in [1.54, 1.807) is 23.5 Å². The number of aliphatic carboxylic acids is 1. The molecule has 33 heavy (non-hydrogen) atoms. The highest BCUT2D eigenvalue weighted by Gasteiger charge is 2.28. The summed E-state index contributed by atoms with van der Waals surface area (Å²) in [5, 5.41) is 16.4. The Morgan fingerprint density at radius 1 is 1.24 bits per heavy atom. The Balaban J connectivity index is 1.68. The van der Waals surface area contributed by atoms with Crippen molar-refractivity contribution in [2.24, 2.45) is 11.8 Å². The minimum atomic E-state index is -1.01. The fraction of sp³-hybridized carbons (Fsp3) is 0.500. The summed E-state index contributed by atoms with van der Waals surface area (Å²) in [5.74, 6) is 0.397. The van der Waals surface area contributed by atoms with E-state index in [0.717, 1.165) is 29.7 Å². The monoisotopic (exact) mass is 467 g/mol. The van der Waals surface area contributed by atoms with Gasteiger partial charge in [-0.05, 0) is 71.7 Å². The molecular weight excluding hydrogens is 434 g/mol. The van der Waals surface area contributed by atoms with Crippen molar-refractivity contribution in [1.82, 2.24) is 14.9 Å². The molecular formula is C26H33N3O3S. The topological polar surface area (TPSA) is 84.2 Å². The van der Waals surface area contributed by atoms with E-state index < -0.39 is 12.0 Å². The summed E-state index contributed by atoms with van der Waals surface area (Å²) in [5.41, 5.74) is 3.53. The Morgan fingerprint density at radius 3 is 2.70 bits per heavy atom. The van der Waals surface area contributed by atoms with Crippen LogP contribution in [0.4, 0.5) is 0 Å². The lowest BCUT2D eigenvalue weighted by atomic mass is 9.85. The van der Waals surface area contributed by atoms with Gasteiger partial charge in [-0.1, -0.05) is 33.6 Å². The van der Waals surface area contributed by atoms with E-state index in [9.17, 15) is 14.7 Å². The van der Waals surface area contributed by atoms with E-state index in [0.29, 0.717) is 23.9 Å². The van der Waals surface area contributed by atoms with Gasteiger partial charge in [0, 0.05) is 18.0 Å². The summed E-state index contributed by atoms with van der Waals surface area (Å²) < 4.78 is 2.40. The molecule has 4 rings (SSSR count). The van der Waals surface area contributed by atoms with Gasteiger partial charge in [0.05, 0.1) is 11.0 Å². The van der Waals surface area contributed by atoms with E-state index in [1.807, 2.05) is 19.9 Å². The van der Waals surface area contributed by atoms with Gasteiger partial charge in [0.1, 0.15) is 11.9 Å². The molecule has 2 aromatic heterocycles. The Labute approximate surface area is 199 Å². The van der Waals surface area contributed by atoms with Gasteiger partial charge in [0.25, 0.3) is 5.91 Å². The molecule has 2 heterocycles. The first-order valence-corrected chi connectivity index (χ1v) is 12.8. The number of carbonyl (C=O) groups is 2. The van der Waals surface area contributed by atoms with Crippen LogP contribution in [0.3, 0.4) is 0 Å². The number of thiophene rings is 1. The predicted octanol–water partition coefficient (Wildman–Crippen LogP) is 5.67. The van der Waals surface area contributed by atoms with Crippen LogP contribution < -0.4 is 5.32 Å². The maximum absolute atomic E-state index is 12.9.